The highest BCUT2D eigenvalue weighted by Crippen LogP contribution is 2.23. The molecule has 0 spiro atoms. The lowest BCUT2D eigenvalue weighted by molar-refractivity contribution is -0.151. The quantitative estimate of drug-likeness (QED) is 0.171. The van der Waals surface area contributed by atoms with Gasteiger partial charge in [-0.15, -0.1) is 0 Å². The number of thioether (sulfide) groups is 1. The maximum atomic E-state index is 13.5. The molecular formula is C27H50N6O5S. The first-order chi connectivity index (χ1) is 18.3. The molecule has 0 aromatic carbocycles. The molecule has 1 rings (SSSR count). The Bertz CT molecular complexity index is 857. The molecule has 11 nitrogen and oxygen atoms in total. The Kier molecular flexibility index (Phi) is 14.8. The van der Waals surface area contributed by atoms with Crippen LogP contribution >= 0.6 is 11.8 Å². The number of likely N-dealkylation sites (tertiary alicyclic amines) is 1. The highest BCUT2D eigenvalue weighted by Gasteiger charge is 2.43. The first-order valence-corrected chi connectivity index (χ1v) is 15.4. The number of carbonyl (C=O) groups excluding carboxylic acids is 5. The second kappa shape index (κ2) is 16.7. The minimum atomic E-state index is -0.884. The van der Waals surface area contributed by atoms with Crippen molar-refractivity contribution in [2.75, 3.05) is 18.6 Å². The van der Waals surface area contributed by atoms with Crippen LogP contribution in [0.2, 0.25) is 0 Å². The molecule has 39 heavy (non-hydrogen) atoms. The zero-order valence-corrected chi connectivity index (χ0v) is 25.4. The lowest BCUT2D eigenvalue weighted by Crippen LogP contribution is -2.65. The van der Waals surface area contributed by atoms with Crippen LogP contribution in [0, 0.1) is 17.8 Å². The van der Waals surface area contributed by atoms with E-state index in [0.29, 0.717) is 38.0 Å². The maximum Gasteiger partial charge on any atom is 0.246 e. The van der Waals surface area contributed by atoms with Crippen LogP contribution in [0.3, 0.4) is 0 Å². The van der Waals surface area contributed by atoms with Crippen molar-refractivity contribution in [2.24, 2.45) is 29.2 Å². The van der Waals surface area contributed by atoms with Crippen LogP contribution in [0.15, 0.2) is 0 Å². The van der Waals surface area contributed by atoms with Gasteiger partial charge in [-0.25, -0.2) is 0 Å². The molecule has 0 aliphatic carbocycles. The molecule has 0 aromatic heterocycles. The number of amides is 5. The van der Waals surface area contributed by atoms with Crippen molar-refractivity contribution in [3.05, 3.63) is 0 Å². The summed E-state index contributed by atoms with van der Waals surface area (Å²) in [6, 6.07) is -4.02. The average molecular weight is 571 g/mol. The van der Waals surface area contributed by atoms with Crippen LogP contribution in [0.5, 0.6) is 0 Å². The Balaban J connectivity index is 2.99. The summed E-state index contributed by atoms with van der Waals surface area (Å²) in [4.78, 5) is 65.9. The maximum absolute atomic E-state index is 13.5. The minimum absolute atomic E-state index is 0.0425. The van der Waals surface area contributed by atoms with Gasteiger partial charge in [-0.2, -0.15) is 11.8 Å². The van der Waals surface area contributed by atoms with Gasteiger partial charge in [-0.1, -0.05) is 54.4 Å². The predicted octanol–water partition coefficient (Wildman–Crippen LogP) is 0.746. The standard InChI is InChI=1S/C27H50N6O5S/c1-8-16(5)21(28)26(37)32-22(17(6)9-2)27(38)33-12-10-20(33)25(36)31-19(14-15(3)4)24(35)30-18(23(29)34)11-13-39-7/h15-22H,8-14,28H2,1-7H3,(H2,29,34)(H,30,35)(H,31,36)(H,32,37)/t16-,17-,18-,19-,20-,21-,22-/m0/s1. The molecule has 1 fully saturated rings. The number of hydrogen-bond donors (Lipinski definition) is 5. The number of rotatable bonds is 17. The number of nitrogens with one attached hydrogen (secondary N) is 3. The molecule has 1 aliphatic heterocycles. The molecule has 1 aliphatic rings. The molecule has 0 radical (unpaired) electrons. The Morgan fingerprint density at radius 2 is 1.54 bits per heavy atom. The van der Waals surface area contributed by atoms with E-state index in [1.165, 1.54) is 16.7 Å². The minimum Gasteiger partial charge on any atom is -0.368 e. The van der Waals surface area contributed by atoms with Crippen LogP contribution in [-0.2, 0) is 24.0 Å². The number of primary amides is 1. The van der Waals surface area contributed by atoms with Crippen LogP contribution < -0.4 is 27.4 Å². The molecular weight excluding hydrogens is 520 g/mol. The van der Waals surface area contributed by atoms with E-state index in [1.54, 1.807) is 0 Å². The topological polar surface area (TPSA) is 177 Å². The lowest BCUT2D eigenvalue weighted by atomic mass is 9.92. The first-order valence-electron chi connectivity index (χ1n) is 14.0. The van der Waals surface area contributed by atoms with Gasteiger partial charge in [0.2, 0.25) is 29.5 Å². The average Bonchev–Trinajstić information content (AvgIpc) is 2.86. The highest BCUT2D eigenvalue weighted by atomic mass is 32.2. The summed E-state index contributed by atoms with van der Waals surface area (Å²) < 4.78 is 0. The third-order valence-corrected chi connectivity index (χ3v) is 8.20. The van der Waals surface area contributed by atoms with Gasteiger partial charge in [0.1, 0.15) is 24.2 Å². The first kappa shape index (κ1) is 34.7. The fourth-order valence-corrected chi connectivity index (χ4v) is 4.78. The monoisotopic (exact) mass is 570 g/mol. The summed E-state index contributed by atoms with van der Waals surface area (Å²) in [5.41, 5.74) is 11.6. The predicted molar refractivity (Wildman–Crippen MR) is 154 cm³/mol. The molecule has 224 valence electrons. The summed E-state index contributed by atoms with van der Waals surface area (Å²) in [5.74, 6) is -1.76. The molecule has 0 saturated carbocycles. The Labute approximate surface area is 237 Å². The largest absolute Gasteiger partial charge is 0.368 e. The van der Waals surface area contributed by atoms with E-state index in [9.17, 15) is 24.0 Å². The number of carbonyl (C=O) groups is 5. The second-order valence-electron chi connectivity index (χ2n) is 11.1. The van der Waals surface area contributed by atoms with Gasteiger partial charge in [-0.3, -0.25) is 24.0 Å². The lowest BCUT2D eigenvalue weighted by Gasteiger charge is -2.43. The Morgan fingerprint density at radius 1 is 0.923 bits per heavy atom. The van der Waals surface area contributed by atoms with Crippen molar-refractivity contribution in [1.29, 1.82) is 0 Å². The van der Waals surface area contributed by atoms with Gasteiger partial charge in [0.05, 0.1) is 6.04 Å². The molecule has 7 atom stereocenters. The van der Waals surface area contributed by atoms with E-state index >= 15 is 0 Å². The zero-order chi connectivity index (χ0) is 29.9. The SMILES string of the molecule is CC[C@H](C)[C@H](N)C(=O)N[C@H](C(=O)N1CC[C@H]1C(=O)N[C@@H](CC(C)C)C(=O)N[C@@H](CCSC)C(N)=O)[C@@H](C)CC. The van der Waals surface area contributed by atoms with E-state index in [4.69, 9.17) is 11.5 Å². The van der Waals surface area contributed by atoms with Crippen molar-refractivity contribution in [1.82, 2.24) is 20.9 Å². The highest BCUT2D eigenvalue weighted by molar-refractivity contribution is 7.98. The van der Waals surface area contributed by atoms with Crippen molar-refractivity contribution in [3.8, 4) is 0 Å². The molecule has 1 heterocycles. The van der Waals surface area contributed by atoms with Crippen molar-refractivity contribution in [2.45, 2.75) is 104 Å². The van der Waals surface area contributed by atoms with E-state index in [0.717, 1.165) is 6.42 Å². The van der Waals surface area contributed by atoms with E-state index in [-0.39, 0.29) is 29.6 Å². The Morgan fingerprint density at radius 3 is 2.00 bits per heavy atom. The molecule has 0 bridgehead atoms. The molecule has 12 heteroatoms. The molecule has 0 aromatic rings. The third-order valence-electron chi connectivity index (χ3n) is 7.55. The van der Waals surface area contributed by atoms with E-state index in [2.05, 4.69) is 16.0 Å². The van der Waals surface area contributed by atoms with Gasteiger partial charge in [0, 0.05) is 6.54 Å². The Hall–Kier alpha value is -2.34. The van der Waals surface area contributed by atoms with Crippen LogP contribution in [0.25, 0.3) is 0 Å². The van der Waals surface area contributed by atoms with Crippen molar-refractivity contribution >= 4 is 41.3 Å². The van der Waals surface area contributed by atoms with Crippen molar-refractivity contribution in [3.63, 3.8) is 0 Å². The third kappa shape index (κ3) is 10.3. The van der Waals surface area contributed by atoms with Gasteiger partial charge in [0.15, 0.2) is 0 Å². The second-order valence-corrected chi connectivity index (χ2v) is 12.0. The smallest absolute Gasteiger partial charge is 0.246 e. The molecule has 7 N–H and O–H groups in total. The van der Waals surface area contributed by atoms with Crippen molar-refractivity contribution < 1.29 is 24.0 Å². The van der Waals surface area contributed by atoms with E-state index in [1.807, 2.05) is 47.8 Å². The van der Waals surface area contributed by atoms with Gasteiger partial charge >= 0.3 is 0 Å². The summed E-state index contributed by atoms with van der Waals surface area (Å²) in [6.45, 7) is 11.9. The number of nitrogens with two attached hydrogens (primary N) is 2. The van der Waals surface area contributed by atoms with Gasteiger partial charge in [0.25, 0.3) is 0 Å². The summed E-state index contributed by atoms with van der Waals surface area (Å²) in [7, 11) is 0. The summed E-state index contributed by atoms with van der Waals surface area (Å²) in [6.07, 6.45) is 4.45. The van der Waals surface area contributed by atoms with Crippen LogP contribution in [-0.4, -0.2) is 83.2 Å². The molecule has 1 saturated heterocycles. The number of hydrogen-bond acceptors (Lipinski definition) is 7. The molecule has 5 amide bonds. The van der Waals surface area contributed by atoms with Crippen LogP contribution in [0.4, 0.5) is 0 Å². The van der Waals surface area contributed by atoms with Crippen LogP contribution in [0.1, 0.15) is 73.6 Å². The fourth-order valence-electron chi connectivity index (χ4n) is 4.31. The molecule has 0 unspecified atom stereocenters. The normalized spacial score (nSPS) is 19.6. The fraction of sp³-hybridized carbons (Fsp3) is 0.815. The summed E-state index contributed by atoms with van der Waals surface area (Å²) in [5, 5.41) is 8.29. The van der Waals surface area contributed by atoms with Gasteiger partial charge < -0.3 is 32.3 Å². The van der Waals surface area contributed by atoms with E-state index < -0.39 is 47.9 Å². The number of nitrogens with zero attached hydrogens (tertiary/aromatic N) is 1. The van der Waals surface area contributed by atoms with Gasteiger partial charge in [-0.05, 0) is 49.0 Å². The zero-order valence-electron chi connectivity index (χ0n) is 24.6. The summed E-state index contributed by atoms with van der Waals surface area (Å²) >= 11 is 1.54.